The fourth-order valence-electron chi connectivity index (χ4n) is 2.57. The minimum absolute atomic E-state index is 0.0759. The molecule has 130 valence electrons. The Labute approximate surface area is 145 Å². The first-order valence-electron chi connectivity index (χ1n) is 8.26. The quantitative estimate of drug-likeness (QED) is 0.827. The molecule has 7 nitrogen and oxygen atoms in total. The summed E-state index contributed by atoms with van der Waals surface area (Å²) < 4.78 is 5.48. The van der Waals surface area contributed by atoms with Gasteiger partial charge in [-0.2, -0.15) is 0 Å². The summed E-state index contributed by atoms with van der Waals surface area (Å²) in [7, 11) is 0. The van der Waals surface area contributed by atoms with Gasteiger partial charge in [-0.1, -0.05) is 6.07 Å². The Balaban J connectivity index is 1.56. The van der Waals surface area contributed by atoms with Crippen LogP contribution in [0.4, 0.5) is 0 Å². The van der Waals surface area contributed by atoms with Crippen LogP contribution in [0, 0.1) is 0 Å². The largest absolute Gasteiger partial charge is 0.376 e. The van der Waals surface area contributed by atoms with Crippen LogP contribution >= 0.6 is 0 Å². The Morgan fingerprint density at radius 2 is 2.04 bits per heavy atom. The summed E-state index contributed by atoms with van der Waals surface area (Å²) >= 11 is 0. The summed E-state index contributed by atoms with van der Waals surface area (Å²) in [5.41, 5.74) is 1.35. The van der Waals surface area contributed by atoms with Crippen molar-refractivity contribution in [3.05, 3.63) is 59.7 Å². The van der Waals surface area contributed by atoms with Gasteiger partial charge in [-0.3, -0.25) is 19.6 Å². The maximum atomic E-state index is 12.2. The predicted octanol–water partition coefficient (Wildman–Crippen LogP) is 1.32. The molecule has 1 unspecified atom stereocenters. The third-order valence-corrected chi connectivity index (χ3v) is 3.93. The Hall–Kier alpha value is -2.80. The lowest BCUT2D eigenvalue weighted by atomic mass is 10.2. The van der Waals surface area contributed by atoms with E-state index in [9.17, 15) is 9.59 Å². The molecule has 2 amide bonds. The molecule has 1 fully saturated rings. The number of aromatic nitrogens is 2. The number of nitrogens with zero attached hydrogens (tertiary/aromatic N) is 2. The van der Waals surface area contributed by atoms with Gasteiger partial charge in [0.05, 0.1) is 18.3 Å². The van der Waals surface area contributed by atoms with Crippen LogP contribution in [0.2, 0.25) is 0 Å². The van der Waals surface area contributed by atoms with Crippen molar-refractivity contribution in [1.82, 2.24) is 20.6 Å². The average molecular weight is 340 g/mol. The molecule has 7 heteroatoms. The number of ether oxygens (including phenoxy) is 1. The van der Waals surface area contributed by atoms with Gasteiger partial charge in [-0.25, -0.2) is 0 Å². The van der Waals surface area contributed by atoms with Gasteiger partial charge < -0.3 is 15.4 Å². The highest BCUT2D eigenvalue weighted by molar-refractivity contribution is 5.98. The fourth-order valence-corrected chi connectivity index (χ4v) is 2.57. The van der Waals surface area contributed by atoms with E-state index in [-0.39, 0.29) is 23.6 Å². The Morgan fingerprint density at radius 1 is 1.12 bits per heavy atom. The Bertz CT molecular complexity index is 730. The van der Waals surface area contributed by atoms with Crippen molar-refractivity contribution in [3.8, 4) is 0 Å². The lowest BCUT2D eigenvalue weighted by molar-refractivity contribution is 0.0857. The lowest BCUT2D eigenvalue weighted by Gasteiger charge is -2.11. The molecule has 0 radical (unpaired) electrons. The molecular weight excluding hydrogens is 320 g/mol. The second kappa shape index (κ2) is 8.34. The van der Waals surface area contributed by atoms with Gasteiger partial charge >= 0.3 is 0 Å². The average Bonchev–Trinajstić information content (AvgIpc) is 3.18. The van der Waals surface area contributed by atoms with Crippen molar-refractivity contribution in [2.24, 2.45) is 0 Å². The number of carbonyl (C=O) groups excluding carboxylic acids is 2. The molecule has 1 aliphatic rings. The number of pyridine rings is 2. The smallest absolute Gasteiger partial charge is 0.270 e. The molecule has 25 heavy (non-hydrogen) atoms. The van der Waals surface area contributed by atoms with E-state index in [1.807, 2.05) is 18.2 Å². The molecule has 0 spiro atoms. The molecule has 1 atom stereocenters. The van der Waals surface area contributed by atoms with Crippen molar-refractivity contribution in [3.63, 3.8) is 0 Å². The van der Waals surface area contributed by atoms with E-state index in [0.717, 1.165) is 25.1 Å². The highest BCUT2D eigenvalue weighted by Crippen LogP contribution is 2.11. The van der Waals surface area contributed by atoms with Crippen molar-refractivity contribution in [1.29, 1.82) is 0 Å². The van der Waals surface area contributed by atoms with E-state index in [1.165, 1.54) is 12.3 Å². The van der Waals surface area contributed by atoms with E-state index >= 15 is 0 Å². The monoisotopic (exact) mass is 340 g/mol. The fraction of sp³-hybridized carbons (Fsp3) is 0.333. The van der Waals surface area contributed by atoms with Crippen LogP contribution in [0.25, 0.3) is 0 Å². The summed E-state index contributed by atoms with van der Waals surface area (Å²) in [5, 5.41) is 5.57. The van der Waals surface area contributed by atoms with Gasteiger partial charge in [0.1, 0.15) is 5.69 Å². The maximum Gasteiger partial charge on any atom is 0.270 e. The van der Waals surface area contributed by atoms with Crippen LogP contribution in [0.5, 0.6) is 0 Å². The molecule has 0 bridgehead atoms. The Kier molecular flexibility index (Phi) is 5.69. The predicted molar refractivity (Wildman–Crippen MR) is 91.0 cm³/mol. The molecular formula is C18H20N4O3. The number of hydrogen-bond acceptors (Lipinski definition) is 5. The number of rotatable bonds is 6. The zero-order valence-corrected chi connectivity index (χ0v) is 13.8. The number of nitrogens with one attached hydrogen (secondary N) is 2. The van der Waals surface area contributed by atoms with Crippen LogP contribution in [-0.4, -0.2) is 41.0 Å². The molecule has 2 aromatic heterocycles. The molecule has 1 saturated heterocycles. The SMILES string of the molecule is O=C(NCC1CCCO1)c1ccnc(C(=O)NCc2ccccn2)c1. The van der Waals surface area contributed by atoms with E-state index in [4.69, 9.17) is 4.74 Å². The highest BCUT2D eigenvalue weighted by atomic mass is 16.5. The molecule has 0 saturated carbocycles. The lowest BCUT2D eigenvalue weighted by Crippen LogP contribution is -2.32. The normalized spacial score (nSPS) is 16.4. The van der Waals surface area contributed by atoms with Gasteiger partial charge in [0.2, 0.25) is 0 Å². The van der Waals surface area contributed by atoms with Gasteiger partial charge in [0.15, 0.2) is 0 Å². The van der Waals surface area contributed by atoms with Crippen LogP contribution in [-0.2, 0) is 11.3 Å². The highest BCUT2D eigenvalue weighted by Gasteiger charge is 2.17. The topological polar surface area (TPSA) is 93.2 Å². The summed E-state index contributed by atoms with van der Waals surface area (Å²) in [4.78, 5) is 32.6. The zero-order valence-electron chi connectivity index (χ0n) is 13.8. The first-order chi connectivity index (χ1) is 12.2. The summed E-state index contributed by atoms with van der Waals surface area (Å²) in [5.74, 6) is -0.587. The van der Waals surface area contributed by atoms with Gasteiger partial charge in [-0.05, 0) is 37.1 Å². The van der Waals surface area contributed by atoms with Crippen molar-refractivity contribution in [2.75, 3.05) is 13.2 Å². The summed E-state index contributed by atoms with van der Waals surface area (Å²) in [6.45, 7) is 1.52. The van der Waals surface area contributed by atoms with Crippen LogP contribution in [0.15, 0.2) is 42.7 Å². The van der Waals surface area contributed by atoms with E-state index < -0.39 is 0 Å². The molecule has 0 aliphatic carbocycles. The second-order valence-corrected chi connectivity index (χ2v) is 5.78. The minimum Gasteiger partial charge on any atom is -0.376 e. The van der Waals surface area contributed by atoms with E-state index in [2.05, 4.69) is 20.6 Å². The van der Waals surface area contributed by atoms with E-state index in [1.54, 1.807) is 12.3 Å². The summed E-state index contributed by atoms with van der Waals surface area (Å²) in [6.07, 6.45) is 5.18. The van der Waals surface area contributed by atoms with Crippen LogP contribution in [0.1, 0.15) is 39.4 Å². The zero-order chi connectivity index (χ0) is 17.5. The molecule has 0 aromatic carbocycles. The first-order valence-corrected chi connectivity index (χ1v) is 8.26. The van der Waals surface area contributed by atoms with E-state index in [0.29, 0.717) is 18.7 Å². The molecule has 1 aliphatic heterocycles. The van der Waals surface area contributed by atoms with Crippen LogP contribution < -0.4 is 10.6 Å². The molecule has 3 rings (SSSR count). The van der Waals surface area contributed by atoms with Crippen LogP contribution in [0.3, 0.4) is 0 Å². The van der Waals surface area contributed by atoms with Crippen molar-refractivity contribution in [2.45, 2.75) is 25.5 Å². The van der Waals surface area contributed by atoms with Crippen molar-refractivity contribution < 1.29 is 14.3 Å². The molecule has 2 aromatic rings. The Morgan fingerprint density at radius 3 is 2.80 bits per heavy atom. The number of hydrogen-bond donors (Lipinski definition) is 2. The minimum atomic E-state index is -0.348. The summed E-state index contributed by atoms with van der Waals surface area (Å²) in [6, 6.07) is 8.55. The number of amides is 2. The number of carbonyl (C=O) groups is 2. The maximum absolute atomic E-state index is 12.2. The second-order valence-electron chi connectivity index (χ2n) is 5.78. The van der Waals surface area contributed by atoms with Gasteiger partial charge in [0.25, 0.3) is 11.8 Å². The third kappa shape index (κ3) is 4.84. The standard InChI is InChI=1S/C18H20N4O3/c23-17(22-12-15-5-3-9-25-15)13-6-8-20-16(10-13)18(24)21-11-14-4-1-2-7-19-14/h1-2,4,6-8,10,15H,3,5,9,11-12H2,(H,21,24)(H,22,23). The van der Waals surface area contributed by atoms with Crippen molar-refractivity contribution >= 4 is 11.8 Å². The third-order valence-electron chi connectivity index (χ3n) is 3.93. The van der Waals surface area contributed by atoms with Gasteiger partial charge in [-0.15, -0.1) is 0 Å². The first kappa shape index (κ1) is 17.0. The van der Waals surface area contributed by atoms with Gasteiger partial charge in [0, 0.05) is 31.1 Å². The molecule has 3 heterocycles. The molecule has 2 N–H and O–H groups in total.